The highest BCUT2D eigenvalue weighted by molar-refractivity contribution is 7.91. The predicted molar refractivity (Wildman–Crippen MR) is 156 cm³/mol. The summed E-state index contributed by atoms with van der Waals surface area (Å²) in [5, 5.41) is 13.8. The Balaban J connectivity index is 0.000000241. The Hall–Kier alpha value is -2.87. The molecular weight excluding hydrogens is 620 g/mol. The lowest BCUT2D eigenvalue weighted by Gasteiger charge is -2.13. The molecule has 0 radical (unpaired) electrons. The Morgan fingerprint density at radius 1 is 1.17 bits per heavy atom. The summed E-state index contributed by atoms with van der Waals surface area (Å²) in [6.45, 7) is 2.55. The first-order valence-electron chi connectivity index (χ1n) is 13.0. The van der Waals surface area contributed by atoms with E-state index in [9.17, 15) is 26.4 Å². The lowest BCUT2D eigenvalue weighted by atomic mass is 10.1. The third-order valence-electron chi connectivity index (χ3n) is 6.25. The van der Waals surface area contributed by atoms with E-state index in [0.29, 0.717) is 6.04 Å². The van der Waals surface area contributed by atoms with Crippen LogP contribution in [0.4, 0.5) is 13.2 Å². The van der Waals surface area contributed by atoms with Gasteiger partial charge in [-0.2, -0.15) is 13.2 Å². The minimum Gasteiger partial charge on any atom is -0.475 e. The Kier molecular flexibility index (Phi) is 14.0. The predicted octanol–water partition coefficient (Wildman–Crippen LogP) is 4.56. The van der Waals surface area contributed by atoms with Crippen LogP contribution in [0.15, 0.2) is 52.4 Å². The van der Waals surface area contributed by atoms with Gasteiger partial charge in [-0.3, -0.25) is 9.79 Å². The average molecular weight is 654 g/mol. The van der Waals surface area contributed by atoms with Crippen molar-refractivity contribution in [2.24, 2.45) is 4.99 Å². The third kappa shape index (κ3) is 11.8. The van der Waals surface area contributed by atoms with Crippen LogP contribution in [-0.2, 0) is 25.8 Å². The second-order valence-corrected chi connectivity index (χ2v) is 12.2. The van der Waals surface area contributed by atoms with Crippen LogP contribution in [0, 0.1) is 0 Å². The van der Waals surface area contributed by atoms with Gasteiger partial charge in [0.15, 0.2) is 9.84 Å². The molecule has 1 aliphatic carbocycles. The fourth-order valence-electron chi connectivity index (χ4n) is 3.94. The summed E-state index contributed by atoms with van der Waals surface area (Å²) in [5.41, 5.74) is 2.37. The molecule has 3 N–H and O–H groups in total. The summed E-state index contributed by atoms with van der Waals surface area (Å²) in [5.74, 6) is -1.85. The summed E-state index contributed by atoms with van der Waals surface area (Å²) in [6.07, 6.45) is 1.06. The lowest BCUT2D eigenvalue weighted by Crippen LogP contribution is -2.31. The van der Waals surface area contributed by atoms with E-state index in [0.717, 1.165) is 69.5 Å². The number of hydrogen-bond donors (Lipinski definition) is 3. The summed E-state index contributed by atoms with van der Waals surface area (Å²) in [6, 6.07) is 13.3. The highest BCUT2D eigenvalue weighted by atomic mass is 35.5. The highest BCUT2D eigenvalue weighted by Gasteiger charge is 2.38. The first kappa shape index (κ1) is 35.3. The number of aliphatic carboxylic acids is 1. The van der Waals surface area contributed by atoms with Crippen molar-refractivity contribution >= 4 is 51.3 Å². The van der Waals surface area contributed by atoms with Crippen molar-refractivity contribution in [2.75, 3.05) is 32.6 Å². The van der Waals surface area contributed by atoms with Gasteiger partial charge >= 0.3 is 12.1 Å². The van der Waals surface area contributed by atoms with E-state index >= 15 is 0 Å². The van der Waals surface area contributed by atoms with Crippen LogP contribution in [0.1, 0.15) is 36.8 Å². The van der Waals surface area contributed by atoms with Gasteiger partial charge in [0.1, 0.15) is 11.7 Å². The van der Waals surface area contributed by atoms with E-state index < -0.39 is 22.0 Å². The molecule has 1 saturated carbocycles. The van der Waals surface area contributed by atoms with Crippen molar-refractivity contribution in [1.29, 1.82) is 0 Å². The molecule has 0 atom stereocenters. The Morgan fingerprint density at radius 2 is 1.79 bits per heavy atom. The molecular formula is C27H33Cl2F3N4O5S. The van der Waals surface area contributed by atoms with Crippen molar-refractivity contribution < 1.29 is 36.3 Å². The van der Waals surface area contributed by atoms with Crippen LogP contribution >= 0.6 is 23.2 Å². The van der Waals surface area contributed by atoms with E-state index in [1.54, 1.807) is 24.1 Å². The van der Waals surface area contributed by atoms with Crippen LogP contribution in [-0.4, -0.2) is 81.4 Å². The number of amidine groups is 1. The Labute approximate surface area is 253 Å². The van der Waals surface area contributed by atoms with Crippen LogP contribution in [0.25, 0.3) is 0 Å². The normalized spacial score (nSPS) is 15.0. The molecule has 1 amide bonds. The largest absolute Gasteiger partial charge is 0.490 e. The van der Waals surface area contributed by atoms with Gasteiger partial charge in [-0.15, -0.1) is 0 Å². The van der Waals surface area contributed by atoms with Crippen LogP contribution in [0.5, 0.6) is 0 Å². The first-order chi connectivity index (χ1) is 19.7. The molecule has 4 rings (SSSR count). The molecule has 2 aromatic rings. The number of carbonyl (C=O) groups excluding carboxylic acids is 1. The SMILES string of the molecule is CN(C=O)CCc1ccc(C2=NCCN2)cc1.O=C(O)C(F)(F)F.O=S(=O)(CNC1CCCC1)c1cccc(Cl)c1Cl. The number of carbonyl (C=O) groups is 2. The quantitative estimate of drug-likeness (QED) is 0.339. The van der Waals surface area contributed by atoms with Gasteiger partial charge in [-0.1, -0.05) is 66.4 Å². The average Bonchev–Trinajstić information content (AvgIpc) is 3.68. The number of halogens is 5. The van der Waals surface area contributed by atoms with E-state index in [-0.39, 0.29) is 20.8 Å². The minimum absolute atomic E-state index is 0.0856. The number of carboxylic acids is 1. The molecule has 0 spiro atoms. The van der Waals surface area contributed by atoms with Crippen molar-refractivity contribution in [1.82, 2.24) is 15.5 Å². The van der Waals surface area contributed by atoms with Gasteiger partial charge in [0.2, 0.25) is 6.41 Å². The maximum absolute atomic E-state index is 12.2. The molecule has 1 aliphatic heterocycles. The molecule has 0 bridgehead atoms. The number of alkyl halides is 3. The van der Waals surface area contributed by atoms with Gasteiger partial charge < -0.3 is 20.6 Å². The summed E-state index contributed by atoms with van der Waals surface area (Å²) in [4.78, 5) is 25.5. The third-order valence-corrected chi connectivity index (χ3v) is 8.73. The number of nitrogens with one attached hydrogen (secondary N) is 2. The van der Waals surface area contributed by atoms with Gasteiger partial charge in [-0.05, 0) is 37.0 Å². The summed E-state index contributed by atoms with van der Waals surface area (Å²) >= 11 is 11.8. The van der Waals surface area contributed by atoms with Crippen LogP contribution in [0.2, 0.25) is 10.0 Å². The molecule has 2 aromatic carbocycles. The molecule has 1 fully saturated rings. The number of aliphatic imine (C=N–C) groups is 1. The van der Waals surface area contributed by atoms with E-state index in [1.807, 2.05) is 0 Å². The zero-order valence-corrected chi connectivity index (χ0v) is 25.2. The van der Waals surface area contributed by atoms with E-state index in [4.69, 9.17) is 33.1 Å². The van der Waals surface area contributed by atoms with Crippen molar-refractivity contribution in [3.8, 4) is 0 Å². The number of benzene rings is 2. The van der Waals surface area contributed by atoms with Gasteiger partial charge in [-0.25, -0.2) is 13.2 Å². The molecule has 9 nitrogen and oxygen atoms in total. The smallest absolute Gasteiger partial charge is 0.475 e. The van der Waals surface area contributed by atoms with Crippen LogP contribution in [0.3, 0.4) is 0 Å². The van der Waals surface area contributed by atoms with Crippen molar-refractivity contribution in [3.63, 3.8) is 0 Å². The Bertz CT molecular complexity index is 1320. The van der Waals surface area contributed by atoms with E-state index in [1.165, 1.54) is 11.6 Å². The van der Waals surface area contributed by atoms with Gasteiger partial charge in [0, 0.05) is 31.7 Å². The molecule has 0 aromatic heterocycles. The molecule has 1 heterocycles. The second kappa shape index (κ2) is 16.7. The molecule has 232 valence electrons. The summed E-state index contributed by atoms with van der Waals surface area (Å²) < 4.78 is 56.0. The second-order valence-electron chi connectivity index (χ2n) is 9.49. The fraction of sp³-hybridized carbons (Fsp3) is 0.444. The number of rotatable bonds is 9. The number of carboxylic acid groups (broad SMARTS) is 1. The van der Waals surface area contributed by atoms with Crippen LogP contribution < -0.4 is 10.6 Å². The molecule has 2 aliphatic rings. The molecule has 0 unspecified atom stereocenters. The first-order valence-corrected chi connectivity index (χ1v) is 15.4. The Morgan fingerprint density at radius 3 is 2.31 bits per heavy atom. The molecule has 0 saturated heterocycles. The molecule has 15 heteroatoms. The van der Waals surface area contributed by atoms with Gasteiger partial charge in [0.05, 0.1) is 21.5 Å². The molecule has 42 heavy (non-hydrogen) atoms. The maximum atomic E-state index is 12.2. The maximum Gasteiger partial charge on any atom is 0.490 e. The number of likely N-dealkylation sites (N-methyl/N-ethyl adjacent to an activating group) is 1. The zero-order chi connectivity index (χ0) is 31.3. The fourth-order valence-corrected chi connectivity index (χ4v) is 5.93. The number of sulfone groups is 1. The number of amides is 1. The monoisotopic (exact) mass is 652 g/mol. The number of hydrogen-bond acceptors (Lipinski definition) is 7. The number of nitrogens with zero attached hydrogens (tertiary/aromatic N) is 2. The van der Waals surface area contributed by atoms with E-state index in [2.05, 4.69) is 39.9 Å². The minimum atomic E-state index is -5.08. The summed E-state index contributed by atoms with van der Waals surface area (Å²) in [7, 11) is -1.64. The topological polar surface area (TPSA) is 128 Å². The van der Waals surface area contributed by atoms with Crippen molar-refractivity contribution in [3.05, 3.63) is 63.6 Å². The van der Waals surface area contributed by atoms with Crippen molar-refractivity contribution in [2.45, 2.75) is 49.2 Å². The zero-order valence-electron chi connectivity index (χ0n) is 22.8. The lowest BCUT2D eigenvalue weighted by molar-refractivity contribution is -0.192. The highest BCUT2D eigenvalue weighted by Crippen LogP contribution is 2.29. The van der Waals surface area contributed by atoms with Gasteiger partial charge in [0.25, 0.3) is 0 Å². The standard InChI is InChI=1S/C13H17N3O.C12H15Cl2NO2S.C2HF3O2/c1-16(10-17)9-6-11-2-4-12(5-3-11)13-14-7-8-15-13;13-10-6-3-7-11(12(10)14)18(16,17)8-15-9-4-1-2-5-9;3-2(4,5)1(6)7/h2-5,10H,6-9H2,1H3,(H,14,15);3,6-7,9,15H,1-2,4-5,8H2;(H,6,7).